The van der Waals surface area contributed by atoms with Crippen molar-refractivity contribution in [1.29, 1.82) is 0 Å². The third-order valence-corrected chi connectivity index (χ3v) is 6.24. The number of alkyl halides is 3. The third kappa shape index (κ3) is 4.52. The average Bonchev–Trinajstić information content (AvgIpc) is 3.05. The first-order valence-corrected chi connectivity index (χ1v) is 9.92. The molecule has 0 amide bonds. The Labute approximate surface area is 164 Å². The van der Waals surface area contributed by atoms with Crippen molar-refractivity contribution in [3.8, 4) is 5.75 Å². The van der Waals surface area contributed by atoms with Crippen molar-refractivity contribution in [1.82, 2.24) is 4.90 Å². The summed E-state index contributed by atoms with van der Waals surface area (Å²) in [6.07, 6.45) is -2.78. The molecule has 1 saturated heterocycles. The minimum atomic E-state index is -4.63. The molecule has 0 N–H and O–H groups in total. The molecule has 2 nitrogen and oxygen atoms in total. The van der Waals surface area contributed by atoms with E-state index in [2.05, 4.69) is 41.7 Å². The van der Waals surface area contributed by atoms with Gasteiger partial charge in [-0.3, -0.25) is 4.90 Å². The lowest BCUT2D eigenvalue weighted by atomic mass is 10.0. The van der Waals surface area contributed by atoms with E-state index < -0.39 is 6.36 Å². The Morgan fingerprint density at radius 3 is 2.46 bits per heavy atom. The predicted octanol–water partition coefficient (Wildman–Crippen LogP) is 5.51. The molecule has 2 aromatic rings. The Balaban J connectivity index is 1.25. The normalized spacial score (nSPS) is 24.2. The first-order valence-electron chi connectivity index (χ1n) is 9.92. The summed E-state index contributed by atoms with van der Waals surface area (Å²) < 4.78 is 41.1. The molecule has 2 fully saturated rings. The lowest BCUT2D eigenvalue weighted by molar-refractivity contribution is -0.274. The number of halogens is 3. The number of nitrogens with zero attached hydrogens (tertiary/aromatic N) is 1. The number of fused-ring (bicyclic) bond motifs is 1. The van der Waals surface area contributed by atoms with Gasteiger partial charge in [0, 0.05) is 19.6 Å². The van der Waals surface area contributed by atoms with E-state index in [1.54, 1.807) is 6.07 Å². The van der Waals surface area contributed by atoms with Gasteiger partial charge >= 0.3 is 6.36 Å². The maximum Gasteiger partial charge on any atom is 0.573 e. The SMILES string of the molecule is Cc1ccc(CN2CC3C(CCc4cccc(OC(F)(F)F)c4)C3C2)c(C)c1. The molecule has 2 aromatic carbocycles. The Hall–Kier alpha value is -2.01. The molecule has 1 saturated carbocycles. The van der Waals surface area contributed by atoms with Gasteiger partial charge in [-0.2, -0.15) is 0 Å². The fourth-order valence-electron chi connectivity index (χ4n) is 4.79. The van der Waals surface area contributed by atoms with Gasteiger partial charge in [-0.25, -0.2) is 0 Å². The number of rotatable bonds is 6. The van der Waals surface area contributed by atoms with Crippen molar-refractivity contribution in [2.24, 2.45) is 17.8 Å². The van der Waals surface area contributed by atoms with E-state index in [1.807, 2.05) is 6.07 Å². The monoisotopic (exact) mass is 389 g/mol. The molecule has 28 heavy (non-hydrogen) atoms. The van der Waals surface area contributed by atoms with Crippen LogP contribution in [0.2, 0.25) is 0 Å². The standard InChI is InChI=1S/C23H26F3NO/c1-15-6-8-18(16(2)10-15)12-27-13-21-20(22(21)14-27)9-7-17-4-3-5-19(11-17)28-23(24,25)26/h3-6,8,10-11,20-22H,7,9,12-14H2,1-2H3. The fraction of sp³-hybridized carbons (Fsp3) is 0.478. The van der Waals surface area contributed by atoms with Crippen molar-refractivity contribution in [3.05, 3.63) is 64.7 Å². The summed E-state index contributed by atoms with van der Waals surface area (Å²) >= 11 is 0. The molecule has 1 aliphatic carbocycles. The third-order valence-electron chi connectivity index (χ3n) is 6.24. The van der Waals surface area contributed by atoms with Crippen molar-refractivity contribution in [3.63, 3.8) is 0 Å². The number of hydrogen-bond acceptors (Lipinski definition) is 2. The molecule has 2 atom stereocenters. The van der Waals surface area contributed by atoms with Gasteiger partial charge in [-0.05, 0) is 73.3 Å². The van der Waals surface area contributed by atoms with Crippen LogP contribution in [0.5, 0.6) is 5.75 Å². The highest BCUT2D eigenvalue weighted by Crippen LogP contribution is 2.54. The van der Waals surface area contributed by atoms with Gasteiger partial charge in [0.25, 0.3) is 0 Å². The zero-order chi connectivity index (χ0) is 19.9. The number of likely N-dealkylation sites (tertiary alicyclic amines) is 1. The van der Waals surface area contributed by atoms with E-state index in [-0.39, 0.29) is 5.75 Å². The topological polar surface area (TPSA) is 12.5 Å². The second kappa shape index (κ2) is 7.43. The highest BCUT2D eigenvalue weighted by Gasteiger charge is 2.54. The Kier molecular flexibility index (Phi) is 5.13. The molecule has 0 radical (unpaired) electrons. The predicted molar refractivity (Wildman–Crippen MR) is 103 cm³/mol. The summed E-state index contributed by atoms with van der Waals surface area (Å²) in [4.78, 5) is 2.54. The number of aryl methyl sites for hydroxylation is 3. The molecule has 0 bridgehead atoms. The molecular formula is C23H26F3NO. The summed E-state index contributed by atoms with van der Waals surface area (Å²) in [6.45, 7) is 7.60. The van der Waals surface area contributed by atoms with E-state index in [1.165, 1.54) is 28.8 Å². The van der Waals surface area contributed by atoms with Gasteiger partial charge in [-0.15, -0.1) is 13.2 Å². The van der Waals surface area contributed by atoms with Crippen LogP contribution >= 0.6 is 0 Å². The molecule has 0 aromatic heterocycles. The smallest absolute Gasteiger partial charge is 0.406 e. The van der Waals surface area contributed by atoms with Crippen LogP contribution in [0.4, 0.5) is 13.2 Å². The number of ether oxygens (including phenoxy) is 1. The Morgan fingerprint density at radius 1 is 1.04 bits per heavy atom. The van der Waals surface area contributed by atoms with Crippen LogP contribution < -0.4 is 4.74 Å². The summed E-state index contributed by atoms with van der Waals surface area (Å²) in [6, 6.07) is 13.0. The van der Waals surface area contributed by atoms with E-state index in [0.29, 0.717) is 5.92 Å². The van der Waals surface area contributed by atoms with Gasteiger partial charge < -0.3 is 4.74 Å². The van der Waals surface area contributed by atoms with Crippen LogP contribution in [-0.4, -0.2) is 24.4 Å². The van der Waals surface area contributed by atoms with Gasteiger partial charge in [0.1, 0.15) is 5.75 Å². The molecule has 2 unspecified atom stereocenters. The number of benzene rings is 2. The first kappa shape index (κ1) is 19.3. The second-order valence-electron chi connectivity index (χ2n) is 8.35. The van der Waals surface area contributed by atoms with E-state index >= 15 is 0 Å². The molecular weight excluding hydrogens is 363 g/mol. The van der Waals surface area contributed by atoms with Gasteiger partial charge in [0.2, 0.25) is 0 Å². The van der Waals surface area contributed by atoms with Gasteiger partial charge in [-0.1, -0.05) is 35.9 Å². The summed E-state index contributed by atoms with van der Waals surface area (Å²) in [5.74, 6) is 2.09. The minimum Gasteiger partial charge on any atom is -0.406 e. The van der Waals surface area contributed by atoms with Crippen LogP contribution in [-0.2, 0) is 13.0 Å². The van der Waals surface area contributed by atoms with Crippen molar-refractivity contribution in [2.75, 3.05) is 13.1 Å². The van der Waals surface area contributed by atoms with E-state index in [0.717, 1.165) is 49.9 Å². The van der Waals surface area contributed by atoms with E-state index in [9.17, 15) is 13.2 Å². The minimum absolute atomic E-state index is 0.124. The lowest BCUT2D eigenvalue weighted by Gasteiger charge is -2.21. The van der Waals surface area contributed by atoms with Crippen LogP contribution in [0.3, 0.4) is 0 Å². The summed E-state index contributed by atoms with van der Waals surface area (Å²) in [5, 5.41) is 0. The molecule has 4 rings (SSSR count). The molecule has 150 valence electrons. The maximum absolute atomic E-state index is 12.4. The molecule has 0 spiro atoms. The molecule has 1 heterocycles. The van der Waals surface area contributed by atoms with Crippen LogP contribution in [0, 0.1) is 31.6 Å². The quantitative estimate of drug-likeness (QED) is 0.646. The zero-order valence-corrected chi connectivity index (χ0v) is 16.3. The zero-order valence-electron chi connectivity index (χ0n) is 16.3. The van der Waals surface area contributed by atoms with Crippen LogP contribution in [0.25, 0.3) is 0 Å². The Bertz CT molecular complexity index is 836. The molecule has 1 aliphatic heterocycles. The number of piperidine rings is 1. The van der Waals surface area contributed by atoms with Gasteiger partial charge in [0.05, 0.1) is 0 Å². The van der Waals surface area contributed by atoms with Crippen molar-refractivity contribution < 1.29 is 17.9 Å². The lowest BCUT2D eigenvalue weighted by Crippen LogP contribution is -2.24. The van der Waals surface area contributed by atoms with Crippen molar-refractivity contribution >= 4 is 0 Å². The fourth-order valence-corrected chi connectivity index (χ4v) is 4.79. The summed E-state index contributed by atoms with van der Waals surface area (Å²) in [7, 11) is 0. The van der Waals surface area contributed by atoms with Crippen LogP contribution in [0.15, 0.2) is 42.5 Å². The first-order chi connectivity index (χ1) is 13.3. The van der Waals surface area contributed by atoms with Crippen molar-refractivity contribution in [2.45, 2.75) is 39.6 Å². The Morgan fingerprint density at radius 2 is 1.79 bits per heavy atom. The highest BCUT2D eigenvalue weighted by atomic mass is 19.4. The highest BCUT2D eigenvalue weighted by molar-refractivity contribution is 5.31. The second-order valence-corrected chi connectivity index (χ2v) is 8.35. The maximum atomic E-state index is 12.4. The van der Waals surface area contributed by atoms with E-state index in [4.69, 9.17) is 0 Å². The van der Waals surface area contributed by atoms with Gasteiger partial charge in [0.15, 0.2) is 0 Å². The van der Waals surface area contributed by atoms with Crippen LogP contribution in [0.1, 0.15) is 28.7 Å². The largest absolute Gasteiger partial charge is 0.573 e. The average molecular weight is 389 g/mol. The molecule has 5 heteroatoms. The molecule has 2 aliphatic rings. The summed E-state index contributed by atoms with van der Waals surface area (Å²) in [5.41, 5.74) is 4.98. The number of hydrogen-bond donors (Lipinski definition) is 0.